The molecule has 1 aromatic heterocycles. The molecule has 0 saturated carbocycles. The number of nitrogens with zero attached hydrogens (tertiary/aromatic N) is 3. The largest absolute Gasteiger partial charge is 0.454 e. The lowest BCUT2D eigenvalue weighted by atomic mass is 10.2. The summed E-state index contributed by atoms with van der Waals surface area (Å²) in [6.07, 6.45) is 0. The van der Waals surface area contributed by atoms with Crippen molar-refractivity contribution in [2.45, 2.75) is 13.5 Å². The van der Waals surface area contributed by atoms with Crippen LogP contribution in [0.4, 0.5) is 0 Å². The molecule has 0 saturated heterocycles. The molecule has 0 unspecified atom stereocenters. The van der Waals surface area contributed by atoms with Gasteiger partial charge in [0.1, 0.15) is 0 Å². The molecule has 17 heavy (non-hydrogen) atoms. The van der Waals surface area contributed by atoms with E-state index in [1.54, 1.807) is 4.68 Å². The van der Waals surface area contributed by atoms with Gasteiger partial charge in [-0.15, -0.1) is 5.10 Å². The van der Waals surface area contributed by atoms with Crippen LogP contribution < -0.4 is 15.2 Å². The van der Waals surface area contributed by atoms with E-state index < -0.39 is 0 Å². The molecule has 0 aliphatic carbocycles. The predicted molar refractivity (Wildman–Crippen MR) is 60.1 cm³/mol. The fourth-order valence-electron chi connectivity index (χ4n) is 1.81. The maximum Gasteiger partial charge on any atom is 0.231 e. The lowest BCUT2D eigenvalue weighted by Gasteiger charge is -2.04. The first kappa shape index (κ1) is 10.1. The van der Waals surface area contributed by atoms with E-state index >= 15 is 0 Å². The fraction of sp³-hybridized carbons (Fsp3) is 0.273. The topological polar surface area (TPSA) is 75.2 Å². The molecule has 1 aliphatic rings. The van der Waals surface area contributed by atoms with Crippen molar-refractivity contribution in [2.24, 2.45) is 5.73 Å². The van der Waals surface area contributed by atoms with E-state index in [4.69, 9.17) is 15.2 Å². The second-order valence-electron chi connectivity index (χ2n) is 3.78. The Morgan fingerprint density at radius 1 is 1.35 bits per heavy atom. The molecule has 0 fully saturated rings. The third kappa shape index (κ3) is 1.53. The number of aromatic nitrogens is 3. The van der Waals surface area contributed by atoms with Gasteiger partial charge in [-0.1, -0.05) is 5.21 Å². The van der Waals surface area contributed by atoms with Crippen LogP contribution in [0.15, 0.2) is 18.2 Å². The van der Waals surface area contributed by atoms with Crippen molar-refractivity contribution >= 4 is 0 Å². The van der Waals surface area contributed by atoms with Gasteiger partial charge in [0.2, 0.25) is 6.79 Å². The van der Waals surface area contributed by atoms with Crippen LogP contribution in [0.1, 0.15) is 11.4 Å². The lowest BCUT2D eigenvalue weighted by Crippen LogP contribution is -2.02. The second-order valence-corrected chi connectivity index (χ2v) is 3.78. The zero-order valence-electron chi connectivity index (χ0n) is 9.38. The number of benzene rings is 1. The van der Waals surface area contributed by atoms with Gasteiger partial charge in [-0.2, -0.15) is 0 Å². The summed E-state index contributed by atoms with van der Waals surface area (Å²) in [5.74, 6) is 1.48. The van der Waals surface area contributed by atoms with Gasteiger partial charge >= 0.3 is 0 Å². The molecular weight excluding hydrogens is 220 g/mol. The molecule has 88 valence electrons. The number of hydrogen-bond donors (Lipinski definition) is 1. The molecule has 3 rings (SSSR count). The molecule has 6 heteroatoms. The predicted octanol–water partition coefficient (Wildman–Crippen LogP) is 0.763. The van der Waals surface area contributed by atoms with Crippen LogP contribution in [0.5, 0.6) is 11.5 Å². The van der Waals surface area contributed by atoms with Gasteiger partial charge in [0, 0.05) is 12.6 Å². The third-order valence-electron chi connectivity index (χ3n) is 2.78. The minimum Gasteiger partial charge on any atom is -0.454 e. The smallest absolute Gasteiger partial charge is 0.231 e. The minimum atomic E-state index is 0.267. The molecular formula is C11H12N4O2. The summed E-state index contributed by atoms with van der Waals surface area (Å²) in [7, 11) is 0. The van der Waals surface area contributed by atoms with Gasteiger partial charge in [0.05, 0.1) is 17.1 Å². The molecule has 0 bridgehead atoms. The Bertz CT molecular complexity index is 565. The highest BCUT2D eigenvalue weighted by molar-refractivity contribution is 5.50. The number of nitrogens with two attached hydrogens (primary N) is 1. The summed E-state index contributed by atoms with van der Waals surface area (Å²) < 4.78 is 12.3. The van der Waals surface area contributed by atoms with Crippen molar-refractivity contribution in [3.8, 4) is 17.2 Å². The van der Waals surface area contributed by atoms with E-state index in [1.807, 2.05) is 25.1 Å². The molecule has 1 aromatic carbocycles. The Morgan fingerprint density at radius 2 is 2.18 bits per heavy atom. The zero-order chi connectivity index (χ0) is 11.8. The first-order chi connectivity index (χ1) is 8.29. The Balaban J connectivity index is 2.06. The average molecular weight is 232 g/mol. The van der Waals surface area contributed by atoms with Gasteiger partial charge in [-0.25, -0.2) is 4.68 Å². The molecule has 0 atom stereocenters. The summed E-state index contributed by atoms with van der Waals surface area (Å²) in [6.45, 7) is 2.59. The Kier molecular flexibility index (Phi) is 2.22. The van der Waals surface area contributed by atoms with Crippen LogP contribution in [0, 0.1) is 6.92 Å². The highest BCUT2D eigenvalue weighted by Crippen LogP contribution is 2.33. The van der Waals surface area contributed by atoms with Crippen LogP contribution in [0.3, 0.4) is 0 Å². The monoisotopic (exact) mass is 232 g/mol. The molecule has 0 amide bonds. The van der Waals surface area contributed by atoms with Crippen molar-refractivity contribution in [2.75, 3.05) is 6.79 Å². The van der Waals surface area contributed by atoms with Crippen molar-refractivity contribution < 1.29 is 9.47 Å². The lowest BCUT2D eigenvalue weighted by molar-refractivity contribution is 0.174. The normalized spacial score (nSPS) is 13.1. The van der Waals surface area contributed by atoms with E-state index in [1.165, 1.54) is 0 Å². The van der Waals surface area contributed by atoms with E-state index in [0.29, 0.717) is 6.54 Å². The van der Waals surface area contributed by atoms with Crippen LogP contribution in [-0.2, 0) is 6.54 Å². The summed E-state index contributed by atoms with van der Waals surface area (Å²) >= 11 is 0. The molecule has 0 spiro atoms. The first-order valence-electron chi connectivity index (χ1n) is 5.31. The SMILES string of the molecule is Cc1c(CN)nnn1-c1ccc2c(c1)OCO2. The highest BCUT2D eigenvalue weighted by atomic mass is 16.7. The van der Waals surface area contributed by atoms with Crippen LogP contribution in [-0.4, -0.2) is 21.8 Å². The molecule has 2 N–H and O–H groups in total. The minimum absolute atomic E-state index is 0.267. The highest BCUT2D eigenvalue weighted by Gasteiger charge is 2.15. The Hall–Kier alpha value is -2.08. The second kappa shape index (κ2) is 3.74. The Morgan fingerprint density at radius 3 is 2.94 bits per heavy atom. The van der Waals surface area contributed by atoms with Gasteiger partial charge in [0.15, 0.2) is 11.5 Å². The summed E-state index contributed by atoms with van der Waals surface area (Å²) in [5, 5.41) is 8.09. The van der Waals surface area contributed by atoms with Crippen molar-refractivity contribution in [3.05, 3.63) is 29.6 Å². The quantitative estimate of drug-likeness (QED) is 0.827. The maximum absolute atomic E-state index is 5.57. The zero-order valence-corrected chi connectivity index (χ0v) is 9.38. The fourth-order valence-corrected chi connectivity index (χ4v) is 1.81. The summed E-state index contributed by atoms with van der Waals surface area (Å²) in [6, 6.07) is 5.65. The van der Waals surface area contributed by atoms with E-state index in [9.17, 15) is 0 Å². The van der Waals surface area contributed by atoms with Crippen LogP contribution in [0.2, 0.25) is 0 Å². The van der Waals surface area contributed by atoms with E-state index in [-0.39, 0.29) is 6.79 Å². The van der Waals surface area contributed by atoms with Gasteiger partial charge in [-0.3, -0.25) is 0 Å². The molecule has 1 aliphatic heterocycles. The average Bonchev–Trinajstić information content (AvgIpc) is 2.94. The summed E-state index contributed by atoms with van der Waals surface area (Å²) in [5.41, 5.74) is 8.19. The standard InChI is InChI=1S/C11H12N4O2/c1-7-9(5-12)13-14-15(7)8-2-3-10-11(4-8)17-6-16-10/h2-4H,5-6,12H2,1H3. The van der Waals surface area contributed by atoms with Crippen molar-refractivity contribution in [1.82, 2.24) is 15.0 Å². The maximum atomic E-state index is 5.57. The van der Waals surface area contributed by atoms with Crippen molar-refractivity contribution in [3.63, 3.8) is 0 Å². The third-order valence-corrected chi connectivity index (χ3v) is 2.78. The molecule has 0 radical (unpaired) electrons. The number of ether oxygens (including phenoxy) is 2. The molecule has 2 aromatic rings. The van der Waals surface area contributed by atoms with Gasteiger partial charge in [-0.05, 0) is 19.1 Å². The van der Waals surface area contributed by atoms with E-state index in [2.05, 4.69) is 10.3 Å². The molecule has 6 nitrogen and oxygen atoms in total. The van der Waals surface area contributed by atoms with Crippen molar-refractivity contribution in [1.29, 1.82) is 0 Å². The van der Waals surface area contributed by atoms with Crippen LogP contribution >= 0.6 is 0 Å². The summed E-state index contributed by atoms with van der Waals surface area (Å²) in [4.78, 5) is 0. The first-order valence-corrected chi connectivity index (χ1v) is 5.31. The van der Waals surface area contributed by atoms with Gasteiger partial charge in [0.25, 0.3) is 0 Å². The van der Waals surface area contributed by atoms with Gasteiger partial charge < -0.3 is 15.2 Å². The number of rotatable bonds is 2. The van der Waals surface area contributed by atoms with E-state index in [0.717, 1.165) is 28.6 Å². The molecule has 2 heterocycles. The number of hydrogen-bond acceptors (Lipinski definition) is 5. The number of fused-ring (bicyclic) bond motifs is 1. The van der Waals surface area contributed by atoms with Crippen LogP contribution in [0.25, 0.3) is 5.69 Å². The Labute approximate surface area is 97.9 Å².